The van der Waals surface area contributed by atoms with Gasteiger partial charge in [0, 0.05) is 26.7 Å². The second-order valence-electron chi connectivity index (χ2n) is 5.15. The van der Waals surface area contributed by atoms with Gasteiger partial charge in [-0.25, -0.2) is 4.98 Å². The summed E-state index contributed by atoms with van der Waals surface area (Å²) in [5.41, 5.74) is 8.47. The number of hydrogen-bond donors (Lipinski definition) is 1. The van der Waals surface area contributed by atoms with Crippen molar-refractivity contribution >= 4 is 52.2 Å². The van der Waals surface area contributed by atoms with Gasteiger partial charge < -0.3 is 5.73 Å². The van der Waals surface area contributed by atoms with E-state index >= 15 is 0 Å². The highest BCUT2D eigenvalue weighted by atomic mass is 35.5. The summed E-state index contributed by atoms with van der Waals surface area (Å²) in [6, 6.07) is 14.0. The number of rotatable bonds is 2. The summed E-state index contributed by atoms with van der Waals surface area (Å²) in [5.74, 6) is 0.0806. The third-order valence-electron chi connectivity index (χ3n) is 3.61. The van der Waals surface area contributed by atoms with E-state index in [4.69, 9.17) is 52.1 Å². The molecular formula is C18H9Cl4N3. The zero-order valence-corrected chi connectivity index (χ0v) is 15.5. The van der Waals surface area contributed by atoms with Crippen LogP contribution in [0.3, 0.4) is 0 Å². The Morgan fingerprint density at radius 1 is 0.880 bits per heavy atom. The van der Waals surface area contributed by atoms with E-state index in [2.05, 4.69) is 11.1 Å². The Kier molecular flexibility index (Phi) is 5.08. The Morgan fingerprint density at radius 2 is 1.56 bits per heavy atom. The molecular weight excluding hydrogens is 400 g/mol. The van der Waals surface area contributed by atoms with Crippen LogP contribution in [-0.4, -0.2) is 4.98 Å². The summed E-state index contributed by atoms with van der Waals surface area (Å²) in [7, 11) is 0. The van der Waals surface area contributed by atoms with E-state index in [1.165, 1.54) is 0 Å². The van der Waals surface area contributed by atoms with Gasteiger partial charge in [-0.1, -0.05) is 58.5 Å². The number of pyridine rings is 1. The molecule has 0 amide bonds. The van der Waals surface area contributed by atoms with E-state index < -0.39 is 0 Å². The molecule has 2 aromatic carbocycles. The van der Waals surface area contributed by atoms with E-state index in [-0.39, 0.29) is 11.4 Å². The monoisotopic (exact) mass is 407 g/mol. The van der Waals surface area contributed by atoms with Crippen LogP contribution < -0.4 is 5.73 Å². The van der Waals surface area contributed by atoms with Gasteiger partial charge in [0.2, 0.25) is 0 Å². The first-order valence-electron chi connectivity index (χ1n) is 7.02. The van der Waals surface area contributed by atoms with Gasteiger partial charge in [-0.15, -0.1) is 0 Å². The van der Waals surface area contributed by atoms with Crippen LogP contribution in [0.15, 0.2) is 42.5 Å². The molecule has 25 heavy (non-hydrogen) atoms. The SMILES string of the molecule is N#Cc1c(-c2c(Cl)cccc2Cl)cc(-c2ccc(Cl)c(Cl)c2)nc1N. The normalized spacial score (nSPS) is 10.5. The molecule has 124 valence electrons. The Hall–Kier alpha value is -1.96. The van der Waals surface area contributed by atoms with E-state index in [1.54, 1.807) is 42.5 Å². The van der Waals surface area contributed by atoms with Crippen molar-refractivity contribution in [3.8, 4) is 28.5 Å². The van der Waals surface area contributed by atoms with Gasteiger partial charge in [0.25, 0.3) is 0 Å². The van der Waals surface area contributed by atoms with E-state index in [0.29, 0.717) is 42.5 Å². The van der Waals surface area contributed by atoms with Crippen molar-refractivity contribution in [2.24, 2.45) is 0 Å². The standard InChI is InChI=1S/C18H9Cl4N3/c19-12-5-4-9(6-15(12)22)16-7-10(11(8-23)18(24)25-16)17-13(20)2-1-3-14(17)21/h1-7H,(H2,24,25). The minimum atomic E-state index is 0.0806. The van der Waals surface area contributed by atoms with E-state index in [9.17, 15) is 5.26 Å². The number of hydrogen-bond acceptors (Lipinski definition) is 3. The molecule has 0 unspecified atom stereocenters. The molecule has 0 spiro atoms. The van der Waals surface area contributed by atoms with Gasteiger partial charge in [-0.05, 0) is 30.3 Å². The van der Waals surface area contributed by atoms with Crippen molar-refractivity contribution in [1.29, 1.82) is 5.26 Å². The summed E-state index contributed by atoms with van der Waals surface area (Å²) in [4.78, 5) is 4.30. The lowest BCUT2D eigenvalue weighted by Gasteiger charge is -2.13. The molecule has 0 aliphatic carbocycles. The first-order chi connectivity index (χ1) is 11.9. The summed E-state index contributed by atoms with van der Waals surface area (Å²) in [5, 5.41) is 11.1. The van der Waals surface area contributed by atoms with Gasteiger partial charge >= 0.3 is 0 Å². The quantitative estimate of drug-likeness (QED) is 0.527. The highest BCUT2D eigenvalue weighted by Gasteiger charge is 2.18. The second kappa shape index (κ2) is 7.11. The number of nitriles is 1. The van der Waals surface area contributed by atoms with Crippen molar-refractivity contribution in [2.45, 2.75) is 0 Å². The maximum absolute atomic E-state index is 9.49. The van der Waals surface area contributed by atoms with Crippen LogP contribution in [0.2, 0.25) is 20.1 Å². The molecule has 3 rings (SSSR count). The summed E-state index contributed by atoms with van der Waals surface area (Å²) < 4.78 is 0. The van der Waals surface area contributed by atoms with Crippen molar-refractivity contribution in [3.63, 3.8) is 0 Å². The lowest BCUT2D eigenvalue weighted by Crippen LogP contribution is -2.00. The zero-order chi connectivity index (χ0) is 18.1. The summed E-state index contributed by atoms with van der Waals surface area (Å²) >= 11 is 24.6. The molecule has 3 aromatic rings. The first-order valence-corrected chi connectivity index (χ1v) is 8.54. The maximum Gasteiger partial charge on any atom is 0.142 e. The number of aromatic nitrogens is 1. The molecule has 0 atom stereocenters. The fourth-order valence-electron chi connectivity index (χ4n) is 2.44. The molecule has 0 saturated heterocycles. The van der Waals surface area contributed by atoms with E-state index in [1.807, 2.05) is 0 Å². The predicted octanol–water partition coefficient (Wildman–Crippen LogP) is 6.48. The van der Waals surface area contributed by atoms with Crippen LogP contribution in [0.1, 0.15) is 5.56 Å². The topological polar surface area (TPSA) is 62.7 Å². The van der Waals surface area contributed by atoms with Crippen LogP contribution in [-0.2, 0) is 0 Å². The lowest BCUT2D eigenvalue weighted by atomic mass is 9.98. The molecule has 1 heterocycles. The molecule has 0 aliphatic heterocycles. The first kappa shape index (κ1) is 17.8. The highest BCUT2D eigenvalue weighted by Crippen LogP contribution is 2.39. The van der Waals surface area contributed by atoms with Crippen LogP contribution in [0, 0.1) is 11.3 Å². The smallest absolute Gasteiger partial charge is 0.142 e. The van der Waals surface area contributed by atoms with E-state index in [0.717, 1.165) is 0 Å². The fourth-order valence-corrected chi connectivity index (χ4v) is 3.34. The second-order valence-corrected chi connectivity index (χ2v) is 6.78. The third-order valence-corrected chi connectivity index (χ3v) is 4.98. The Bertz CT molecular complexity index is 1010. The van der Waals surface area contributed by atoms with Crippen molar-refractivity contribution in [2.75, 3.05) is 5.73 Å². The van der Waals surface area contributed by atoms with Gasteiger partial charge in [-0.2, -0.15) is 5.26 Å². The van der Waals surface area contributed by atoms with Gasteiger partial charge in [0.1, 0.15) is 17.5 Å². The average Bonchev–Trinajstić information content (AvgIpc) is 2.57. The lowest BCUT2D eigenvalue weighted by molar-refractivity contribution is 1.31. The number of benzene rings is 2. The Morgan fingerprint density at radius 3 is 2.16 bits per heavy atom. The number of nitrogens with two attached hydrogens (primary N) is 1. The minimum Gasteiger partial charge on any atom is -0.383 e. The van der Waals surface area contributed by atoms with Crippen LogP contribution in [0.5, 0.6) is 0 Å². The summed E-state index contributed by atoms with van der Waals surface area (Å²) in [6.45, 7) is 0. The molecule has 0 aliphatic rings. The van der Waals surface area contributed by atoms with Crippen molar-refractivity contribution in [3.05, 3.63) is 68.1 Å². The van der Waals surface area contributed by atoms with Gasteiger partial charge in [0.15, 0.2) is 0 Å². The van der Waals surface area contributed by atoms with Gasteiger partial charge in [-0.3, -0.25) is 0 Å². The fraction of sp³-hybridized carbons (Fsp3) is 0. The molecule has 3 nitrogen and oxygen atoms in total. The Labute approximate surface area is 164 Å². The molecule has 0 saturated carbocycles. The number of nitrogens with zero attached hydrogens (tertiary/aromatic N) is 2. The van der Waals surface area contributed by atoms with Crippen LogP contribution in [0.25, 0.3) is 22.4 Å². The van der Waals surface area contributed by atoms with Crippen molar-refractivity contribution < 1.29 is 0 Å². The highest BCUT2D eigenvalue weighted by molar-refractivity contribution is 6.42. The zero-order valence-electron chi connectivity index (χ0n) is 12.5. The number of anilines is 1. The van der Waals surface area contributed by atoms with Crippen LogP contribution >= 0.6 is 46.4 Å². The predicted molar refractivity (Wildman–Crippen MR) is 104 cm³/mol. The number of halogens is 4. The molecule has 2 N–H and O–H groups in total. The minimum absolute atomic E-state index is 0.0806. The molecule has 0 bridgehead atoms. The maximum atomic E-state index is 9.49. The molecule has 7 heteroatoms. The third kappa shape index (κ3) is 3.40. The van der Waals surface area contributed by atoms with Crippen LogP contribution in [0.4, 0.5) is 5.82 Å². The molecule has 0 fully saturated rings. The largest absolute Gasteiger partial charge is 0.383 e. The average molecular weight is 409 g/mol. The number of nitrogen functional groups attached to an aromatic ring is 1. The molecule has 0 radical (unpaired) electrons. The van der Waals surface area contributed by atoms with Gasteiger partial charge in [0.05, 0.1) is 15.7 Å². The molecule has 1 aromatic heterocycles. The Balaban J connectivity index is 2.30. The summed E-state index contributed by atoms with van der Waals surface area (Å²) in [6.07, 6.45) is 0. The van der Waals surface area contributed by atoms with Crippen molar-refractivity contribution in [1.82, 2.24) is 4.98 Å².